The van der Waals surface area contributed by atoms with Crippen LogP contribution in [0.15, 0.2) is 46.4 Å². The minimum absolute atomic E-state index is 0.192. The Hall–Kier alpha value is -3.28. The fourth-order valence-corrected chi connectivity index (χ4v) is 3.31. The molecular formula is C24H26N2O4. The highest BCUT2D eigenvalue weighted by Gasteiger charge is 2.30. The van der Waals surface area contributed by atoms with E-state index in [4.69, 9.17) is 9.47 Å². The molecule has 0 radical (unpaired) electrons. The van der Waals surface area contributed by atoms with Crippen LogP contribution >= 0.6 is 0 Å². The van der Waals surface area contributed by atoms with Gasteiger partial charge in [-0.2, -0.15) is 0 Å². The summed E-state index contributed by atoms with van der Waals surface area (Å²) in [5.74, 6) is 0.802. The SMILES string of the molecule is CCOC(CC)=Nc1ccc2c(c1)C(=O)c1ccc(N=C(CC)OCC)cc1C2=O. The van der Waals surface area contributed by atoms with Gasteiger partial charge >= 0.3 is 0 Å². The van der Waals surface area contributed by atoms with Gasteiger partial charge in [0.1, 0.15) is 0 Å². The molecule has 1 aliphatic rings. The number of hydrogen-bond acceptors (Lipinski definition) is 6. The molecule has 2 aromatic carbocycles. The minimum atomic E-state index is -0.192. The topological polar surface area (TPSA) is 77.3 Å². The molecule has 30 heavy (non-hydrogen) atoms. The van der Waals surface area contributed by atoms with Gasteiger partial charge in [0.15, 0.2) is 23.4 Å². The Kier molecular flexibility index (Phi) is 6.77. The van der Waals surface area contributed by atoms with E-state index in [0.717, 1.165) is 0 Å². The van der Waals surface area contributed by atoms with Gasteiger partial charge in [-0.3, -0.25) is 9.59 Å². The Balaban J connectivity index is 2.00. The van der Waals surface area contributed by atoms with E-state index in [1.165, 1.54) is 0 Å². The first-order valence-corrected chi connectivity index (χ1v) is 10.3. The van der Waals surface area contributed by atoms with Crippen LogP contribution in [0.25, 0.3) is 0 Å². The van der Waals surface area contributed by atoms with E-state index < -0.39 is 0 Å². The molecule has 2 aromatic rings. The molecule has 0 N–H and O–H groups in total. The van der Waals surface area contributed by atoms with Crippen LogP contribution in [0.4, 0.5) is 11.4 Å². The molecule has 156 valence electrons. The smallest absolute Gasteiger partial charge is 0.194 e. The van der Waals surface area contributed by atoms with Crippen molar-refractivity contribution in [2.45, 2.75) is 40.5 Å². The molecule has 0 atom stereocenters. The van der Waals surface area contributed by atoms with Gasteiger partial charge in [0.05, 0.1) is 24.6 Å². The summed E-state index contributed by atoms with van der Waals surface area (Å²) in [4.78, 5) is 35.1. The lowest BCUT2D eigenvalue weighted by molar-refractivity contribution is 0.0979. The Bertz CT molecular complexity index is 954. The molecule has 0 saturated carbocycles. The second kappa shape index (κ2) is 9.48. The predicted molar refractivity (Wildman–Crippen MR) is 118 cm³/mol. The van der Waals surface area contributed by atoms with Crippen molar-refractivity contribution in [1.82, 2.24) is 0 Å². The second-order valence-corrected chi connectivity index (χ2v) is 6.70. The summed E-state index contributed by atoms with van der Waals surface area (Å²) >= 11 is 0. The van der Waals surface area contributed by atoms with Crippen molar-refractivity contribution in [2.24, 2.45) is 9.98 Å². The maximum absolute atomic E-state index is 13.1. The van der Waals surface area contributed by atoms with Crippen molar-refractivity contribution in [3.05, 3.63) is 58.7 Å². The van der Waals surface area contributed by atoms with E-state index in [0.29, 0.717) is 71.5 Å². The zero-order valence-corrected chi connectivity index (χ0v) is 17.8. The Morgan fingerprint density at radius 2 is 1.07 bits per heavy atom. The van der Waals surface area contributed by atoms with Crippen molar-refractivity contribution >= 4 is 34.7 Å². The van der Waals surface area contributed by atoms with Crippen molar-refractivity contribution in [3.8, 4) is 0 Å². The lowest BCUT2D eigenvalue weighted by Gasteiger charge is -2.18. The average molecular weight is 406 g/mol. The highest BCUT2D eigenvalue weighted by atomic mass is 16.5. The van der Waals surface area contributed by atoms with Crippen LogP contribution in [-0.2, 0) is 9.47 Å². The number of rotatable bonds is 6. The normalized spacial score (nSPS) is 13.7. The number of aliphatic imine (C=N–C) groups is 2. The van der Waals surface area contributed by atoms with Gasteiger partial charge in [-0.1, -0.05) is 13.8 Å². The van der Waals surface area contributed by atoms with Crippen LogP contribution in [0.1, 0.15) is 72.4 Å². The molecule has 0 fully saturated rings. The second-order valence-electron chi connectivity index (χ2n) is 6.70. The molecule has 0 heterocycles. The Morgan fingerprint density at radius 1 is 0.667 bits per heavy atom. The number of carbonyl (C=O) groups excluding carboxylic acids is 2. The maximum atomic E-state index is 13.1. The van der Waals surface area contributed by atoms with Gasteiger partial charge in [0.25, 0.3) is 0 Å². The van der Waals surface area contributed by atoms with E-state index in [1.807, 2.05) is 27.7 Å². The molecule has 6 nitrogen and oxygen atoms in total. The largest absolute Gasteiger partial charge is 0.481 e. The summed E-state index contributed by atoms with van der Waals surface area (Å²) in [5, 5.41) is 0. The fraction of sp³-hybridized carbons (Fsp3) is 0.333. The molecule has 0 spiro atoms. The lowest BCUT2D eigenvalue weighted by atomic mass is 9.83. The predicted octanol–water partition coefficient (Wildman–Crippen LogP) is 5.42. The van der Waals surface area contributed by atoms with Gasteiger partial charge < -0.3 is 9.47 Å². The monoisotopic (exact) mass is 406 g/mol. The summed E-state index contributed by atoms with van der Waals surface area (Å²) in [6.45, 7) is 8.74. The molecule has 0 bridgehead atoms. The van der Waals surface area contributed by atoms with Gasteiger partial charge in [-0.25, -0.2) is 9.98 Å². The van der Waals surface area contributed by atoms with Crippen molar-refractivity contribution < 1.29 is 19.1 Å². The number of hydrogen-bond donors (Lipinski definition) is 0. The van der Waals surface area contributed by atoms with Gasteiger partial charge in [0.2, 0.25) is 0 Å². The quantitative estimate of drug-likeness (QED) is 0.405. The number of fused-ring (bicyclic) bond motifs is 2. The number of nitrogens with zero attached hydrogens (tertiary/aromatic N) is 2. The third-order valence-corrected chi connectivity index (χ3v) is 4.72. The molecule has 6 heteroatoms. The molecule has 0 aliphatic heterocycles. The van der Waals surface area contributed by atoms with E-state index in [2.05, 4.69) is 9.98 Å². The highest BCUT2D eigenvalue weighted by Crippen LogP contribution is 2.32. The molecule has 0 amide bonds. The van der Waals surface area contributed by atoms with Crippen molar-refractivity contribution in [2.75, 3.05) is 13.2 Å². The minimum Gasteiger partial charge on any atom is -0.481 e. The lowest BCUT2D eigenvalue weighted by Crippen LogP contribution is -2.20. The molecular weight excluding hydrogens is 380 g/mol. The standard InChI is InChI=1S/C24H26N2O4/c1-5-21(29-7-3)25-15-9-11-17-19(13-15)23(27)18-12-10-16(14-20(18)24(17)28)26-22(6-2)30-8-4/h9-14H,5-8H2,1-4H3. The summed E-state index contributed by atoms with van der Waals surface area (Å²) in [6.07, 6.45) is 1.29. The van der Waals surface area contributed by atoms with Crippen LogP contribution in [-0.4, -0.2) is 36.6 Å². The molecule has 0 unspecified atom stereocenters. The summed E-state index contributed by atoms with van der Waals surface area (Å²) < 4.78 is 11.0. The third-order valence-electron chi connectivity index (χ3n) is 4.72. The summed E-state index contributed by atoms with van der Waals surface area (Å²) in [5.41, 5.74) is 2.66. The van der Waals surface area contributed by atoms with Gasteiger partial charge in [-0.05, 0) is 50.2 Å². The fourth-order valence-electron chi connectivity index (χ4n) is 3.31. The molecule has 0 saturated heterocycles. The van der Waals surface area contributed by atoms with Crippen LogP contribution < -0.4 is 0 Å². The van der Waals surface area contributed by atoms with Crippen LogP contribution in [0, 0.1) is 0 Å². The number of benzene rings is 2. The molecule has 0 aromatic heterocycles. The van der Waals surface area contributed by atoms with E-state index >= 15 is 0 Å². The molecule has 3 rings (SSSR count). The Morgan fingerprint density at radius 3 is 1.40 bits per heavy atom. The average Bonchev–Trinajstić information content (AvgIpc) is 2.76. The number of ketones is 2. The van der Waals surface area contributed by atoms with Crippen LogP contribution in [0.2, 0.25) is 0 Å². The van der Waals surface area contributed by atoms with Crippen molar-refractivity contribution in [3.63, 3.8) is 0 Å². The van der Waals surface area contributed by atoms with Gasteiger partial charge in [-0.15, -0.1) is 0 Å². The van der Waals surface area contributed by atoms with Crippen molar-refractivity contribution in [1.29, 1.82) is 0 Å². The zero-order chi connectivity index (χ0) is 21.7. The maximum Gasteiger partial charge on any atom is 0.194 e. The third kappa shape index (κ3) is 4.32. The van der Waals surface area contributed by atoms with Crippen LogP contribution in [0.5, 0.6) is 0 Å². The van der Waals surface area contributed by atoms with E-state index in [9.17, 15) is 9.59 Å². The first kappa shape index (κ1) is 21.4. The first-order chi connectivity index (χ1) is 14.5. The van der Waals surface area contributed by atoms with Crippen LogP contribution in [0.3, 0.4) is 0 Å². The Labute approximate surface area is 176 Å². The van der Waals surface area contributed by atoms with E-state index in [-0.39, 0.29) is 11.6 Å². The number of carbonyl (C=O) groups is 2. The summed E-state index contributed by atoms with van der Waals surface area (Å²) in [7, 11) is 0. The molecule has 1 aliphatic carbocycles. The summed E-state index contributed by atoms with van der Waals surface area (Å²) in [6, 6.07) is 10.1. The van der Waals surface area contributed by atoms with Gasteiger partial charge in [0, 0.05) is 35.1 Å². The van der Waals surface area contributed by atoms with E-state index in [1.54, 1.807) is 36.4 Å². The number of ether oxygens (including phenoxy) is 2. The zero-order valence-electron chi connectivity index (χ0n) is 17.8. The first-order valence-electron chi connectivity index (χ1n) is 10.3. The highest BCUT2D eigenvalue weighted by molar-refractivity contribution is 6.28.